The Kier molecular flexibility index (Phi) is 7.95. The molecule has 2 aromatic carbocycles. The highest BCUT2D eigenvalue weighted by Gasteiger charge is 2.32. The summed E-state index contributed by atoms with van der Waals surface area (Å²) in [6, 6.07) is 16.1. The number of hydrogen-bond donors (Lipinski definition) is 1. The summed E-state index contributed by atoms with van der Waals surface area (Å²) in [5.74, 6) is -0.240. The van der Waals surface area contributed by atoms with Crippen LogP contribution in [0.5, 0.6) is 0 Å². The molecule has 9 heteroatoms. The third-order valence-electron chi connectivity index (χ3n) is 6.52. The van der Waals surface area contributed by atoms with Crippen LogP contribution in [0.15, 0.2) is 53.4 Å². The highest BCUT2D eigenvalue weighted by molar-refractivity contribution is 7.89. The molecule has 2 aromatic rings. The van der Waals surface area contributed by atoms with Crippen LogP contribution in [-0.2, 0) is 32.6 Å². The summed E-state index contributed by atoms with van der Waals surface area (Å²) in [6.45, 7) is 5.21. The number of nitrogens with one attached hydrogen (secondary N) is 1. The van der Waals surface area contributed by atoms with Crippen molar-refractivity contribution in [1.29, 1.82) is 5.26 Å². The molecule has 2 heterocycles. The summed E-state index contributed by atoms with van der Waals surface area (Å²) < 4.78 is 32.7. The van der Waals surface area contributed by atoms with E-state index in [0.29, 0.717) is 38.0 Å². The predicted molar refractivity (Wildman–Crippen MR) is 127 cm³/mol. The minimum atomic E-state index is -3.63. The van der Waals surface area contributed by atoms with Crippen molar-refractivity contribution in [2.45, 2.75) is 30.8 Å². The Morgan fingerprint density at radius 1 is 1.00 bits per heavy atom. The maximum atomic E-state index is 12.9. The molecule has 0 bridgehead atoms. The maximum absolute atomic E-state index is 12.9. The van der Waals surface area contributed by atoms with Gasteiger partial charge in [0.2, 0.25) is 15.9 Å². The van der Waals surface area contributed by atoms with Crippen LogP contribution in [0.4, 0.5) is 0 Å². The molecule has 2 saturated heterocycles. The smallest absolute Gasteiger partial charge is 0.243 e. The van der Waals surface area contributed by atoms with Gasteiger partial charge in [0.05, 0.1) is 29.7 Å². The van der Waals surface area contributed by atoms with Gasteiger partial charge < -0.3 is 10.1 Å². The third kappa shape index (κ3) is 5.83. The molecule has 4 rings (SSSR count). The van der Waals surface area contributed by atoms with Gasteiger partial charge in [0.1, 0.15) is 0 Å². The van der Waals surface area contributed by atoms with Gasteiger partial charge in [0.15, 0.2) is 0 Å². The summed E-state index contributed by atoms with van der Waals surface area (Å²) in [7, 11) is -3.63. The van der Waals surface area contributed by atoms with E-state index in [1.807, 2.05) is 24.3 Å². The van der Waals surface area contributed by atoms with Gasteiger partial charge in [0, 0.05) is 45.2 Å². The summed E-state index contributed by atoms with van der Waals surface area (Å²) in [6.07, 6.45) is 0.966. The average molecular weight is 483 g/mol. The van der Waals surface area contributed by atoms with Crippen LogP contribution < -0.4 is 5.32 Å². The van der Waals surface area contributed by atoms with E-state index >= 15 is 0 Å². The lowest BCUT2D eigenvalue weighted by Crippen LogP contribution is -2.43. The van der Waals surface area contributed by atoms with E-state index in [2.05, 4.69) is 16.3 Å². The van der Waals surface area contributed by atoms with Crippen LogP contribution >= 0.6 is 0 Å². The number of ether oxygens (including phenoxy) is 1. The molecule has 1 amide bonds. The molecule has 0 aromatic heterocycles. The van der Waals surface area contributed by atoms with Crippen molar-refractivity contribution in [2.24, 2.45) is 5.92 Å². The monoisotopic (exact) mass is 482 g/mol. The number of hydrogen-bond acceptors (Lipinski definition) is 6. The molecule has 0 atom stereocenters. The number of benzene rings is 2. The van der Waals surface area contributed by atoms with E-state index in [-0.39, 0.29) is 16.7 Å². The molecule has 180 valence electrons. The number of carbonyl (C=O) groups excluding carboxylic acids is 1. The highest BCUT2D eigenvalue weighted by Crippen LogP contribution is 2.24. The zero-order valence-corrected chi connectivity index (χ0v) is 20.0. The van der Waals surface area contributed by atoms with Crippen molar-refractivity contribution in [2.75, 3.05) is 39.4 Å². The number of nitriles is 1. The van der Waals surface area contributed by atoms with E-state index in [1.165, 1.54) is 34.1 Å². The number of amides is 1. The molecular weight excluding hydrogens is 452 g/mol. The SMILES string of the molecule is N#Cc1ccc(S(=O)(=O)N2CCC(C(=O)NCc3ccccc3CN3CCOCC3)CC2)cc1. The molecule has 1 N–H and O–H groups in total. The lowest BCUT2D eigenvalue weighted by molar-refractivity contribution is -0.126. The van der Waals surface area contributed by atoms with Gasteiger partial charge in [0.25, 0.3) is 0 Å². The van der Waals surface area contributed by atoms with Gasteiger partial charge in [-0.2, -0.15) is 9.57 Å². The fraction of sp³-hybridized carbons (Fsp3) is 0.440. The Hall–Kier alpha value is -2.77. The first-order chi connectivity index (χ1) is 16.5. The molecule has 0 spiro atoms. The molecular formula is C25H30N4O4S. The van der Waals surface area contributed by atoms with E-state index in [9.17, 15) is 13.2 Å². The van der Waals surface area contributed by atoms with Crippen LogP contribution in [0.3, 0.4) is 0 Å². The van der Waals surface area contributed by atoms with E-state index in [1.54, 1.807) is 0 Å². The number of morpholine rings is 1. The molecule has 2 aliphatic rings. The quantitative estimate of drug-likeness (QED) is 0.649. The second kappa shape index (κ2) is 11.1. The first-order valence-corrected chi connectivity index (χ1v) is 13.1. The first kappa shape index (κ1) is 24.4. The second-order valence-electron chi connectivity index (χ2n) is 8.69. The van der Waals surface area contributed by atoms with E-state index < -0.39 is 10.0 Å². The molecule has 0 saturated carbocycles. The van der Waals surface area contributed by atoms with Crippen LogP contribution in [0.2, 0.25) is 0 Å². The van der Waals surface area contributed by atoms with Gasteiger partial charge in [-0.3, -0.25) is 9.69 Å². The van der Waals surface area contributed by atoms with Crippen LogP contribution in [0.1, 0.15) is 29.5 Å². The minimum absolute atomic E-state index is 0.0309. The van der Waals surface area contributed by atoms with E-state index in [0.717, 1.165) is 38.4 Å². The van der Waals surface area contributed by atoms with Gasteiger partial charge in [-0.15, -0.1) is 0 Å². The van der Waals surface area contributed by atoms with Crippen molar-refractivity contribution in [3.05, 3.63) is 65.2 Å². The first-order valence-electron chi connectivity index (χ1n) is 11.6. The van der Waals surface area contributed by atoms with Gasteiger partial charge in [-0.05, 0) is 48.2 Å². The van der Waals surface area contributed by atoms with Crippen molar-refractivity contribution < 1.29 is 17.9 Å². The highest BCUT2D eigenvalue weighted by atomic mass is 32.2. The topological polar surface area (TPSA) is 103 Å². The number of rotatable bonds is 7. The second-order valence-corrected chi connectivity index (χ2v) is 10.6. The zero-order chi connectivity index (χ0) is 24.0. The molecule has 8 nitrogen and oxygen atoms in total. The molecule has 0 unspecified atom stereocenters. The van der Waals surface area contributed by atoms with Crippen molar-refractivity contribution in [3.8, 4) is 6.07 Å². The minimum Gasteiger partial charge on any atom is -0.379 e. The Morgan fingerprint density at radius 2 is 1.65 bits per heavy atom. The lowest BCUT2D eigenvalue weighted by atomic mass is 9.97. The van der Waals surface area contributed by atoms with Crippen LogP contribution in [-0.4, -0.2) is 62.9 Å². The van der Waals surface area contributed by atoms with Crippen molar-refractivity contribution >= 4 is 15.9 Å². The van der Waals surface area contributed by atoms with Crippen LogP contribution in [0.25, 0.3) is 0 Å². The van der Waals surface area contributed by atoms with Gasteiger partial charge in [-0.1, -0.05) is 24.3 Å². The zero-order valence-electron chi connectivity index (χ0n) is 19.2. The Bertz CT molecular complexity index is 1130. The van der Waals surface area contributed by atoms with Crippen molar-refractivity contribution in [1.82, 2.24) is 14.5 Å². The fourth-order valence-corrected chi connectivity index (χ4v) is 5.89. The van der Waals surface area contributed by atoms with E-state index in [4.69, 9.17) is 10.00 Å². The average Bonchev–Trinajstić information content (AvgIpc) is 2.88. The summed E-state index contributed by atoms with van der Waals surface area (Å²) in [5, 5.41) is 12.0. The summed E-state index contributed by atoms with van der Waals surface area (Å²) in [4.78, 5) is 15.4. The Morgan fingerprint density at radius 3 is 2.29 bits per heavy atom. The number of nitrogens with zero attached hydrogens (tertiary/aromatic N) is 3. The number of piperidine rings is 1. The third-order valence-corrected chi connectivity index (χ3v) is 8.43. The maximum Gasteiger partial charge on any atom is 0.243 e. The summed E-state index contributed by atoms with van der Waals surface area (Å²) in [5.41, 5.74) is 2.72. The molecule has 2 aliphatic heterocycles. The fourth-order valence-electron chi connectivity index (χ4n) is 4.42. The molecule has 0 aliphatic carbocycles. The molecule has 34 heavy (non-hydrogen) atoms. The van der Waals surface area contributed by atoms with Gasteiger partial charge >= 0.3 is 0 Å². The number of sulfonamides is 1. The molecule has 0 radical (unpaired) electrons. The predicted octanol–water partition coefficient (Wildman–Crippen LogP) is 2.11. The largest absolute Gasteiger partial charge is 0.379 e. The van der Waals surface area contributed by atoms with Crippen LogP contribution in [0, 0.1) is 17.2 Å². The lowest BCUT2D eigenvalue weighted by Gasteiger charge is -2.30. The molecule has 2 fully saturated rings. The Balaban J connectivity index is 1.30. The standard InChI is InChI=1S/C25H30N4O4S/c26-17-20-5-7-24(8-6-20)34(31,32)29-11-9-21(10-12-29)25(30)27-18-22-3-1-2-4-23(22)19-28-13-15-33-16-14-28/h1-8,21H,9-16,18-19H2,(H,27,30). The Labute approximate surface area is 201 Å². The van der Waals surface area contributed by atoms with Crippen molar-refractivity contribution in [3.63, 3.8) is 0 Å². The normalized spacial score (nSPS) is 18.3. The number of carbonyl (C=O) groups is 1. The van der Waals surface area contributed by atoms with Gasteiger partial charge in [-0.25, -0.2) is 8.42 Å². The summed E-state index contributed by atoms with van der Waals surface area (Å²) >= 11 is 0.